The van der Waals surface area contributed by atoms with Gasteiger partial charge in [0.2, 0.25) is 40.7 Å². The lowest BCUT2D eigenvalue weighted by atomic mass is 9.88. The molecule has 1 atom stereocenters. The topological polar surface area (TPSA) is 69.4 Å². The predicted molar refractivity (Wildman–Crippen MR) is 118 cm³/mol. The Hall–Kier alpha value is -3.94. The van der Waals surface area contributed by atoms with Gasteiger partial charge in [0.05, 0.1) is 11.8 Å². The number of halogens is 8. The largest absolute Gasteiger partial charge is 0.445 e. The van der Waals surface area contributed by atoms with Crippen LogP contribution in [0.3, 0.4) is 0 Å². The maximum absolute atomic E-state index is 14.0. The molecule has 0 fully saturated rings. The molecule has 0 bridgehead atoms. The molecule has 5 rings (SSSR count). The van der Waals surface area contributed by atoms with E-state index in [0.29, 0.717) is 23.1 Å². The van der Waals surface area contributed by atoms with Crippen LogP contribution in [-0.4, -0.2) is 13.4 Å². The highest BCUT2D eigenvalue weighted by atomic mass is 32.2. The minimum atomic E-state index is -5.06. The van der Waals surface area contributed by atoms with Gasteiger partial charge in [0.25, 0.3) is 0 Å². The van der Waals surface area contributed by atoms with Crippen molar-refractivity contribution in [2.75, 3.05) is 0 Å². The first-order valence-electron chi connectivity index (χ1n) is 11.0. The molecule has 5 nitrogen and oxygen atoms in total. The number of rotatable bonds is 5. The Kier molecular flexibility index (Phi) is 6.40. The van der Waals surface area contributed by atoms with E-state index in [1.54, 1.807) is 0 Å². The van der Waals surface area contributed by atoms with E-state index in [1.165, 1.54) is 24.6 Å². The zero-order valence-corrected chi connectivity index (χ0v) is 19.9. The molecule has 4 aromatic rings. The van der Waals surface area contributed by atoms with Gasteiger partial charge in [-0.3, -0.25) is 0 Å². The highest BCUT2D eigenvalue weighted by Crippen LogP contribution is 2.44. The molecule has 0 N–H and O–H groups in total. The molecule has 1 aliphatic rings. The van der Waals surface area contributed by atoms with Gasteiger partial charge in [-0.15, -0.1) is 0 Å². The van der Waals surface area contributed by atoms with Gasteiger partial charge in [-0.25, -0.2) is 18.2 Å². The molecular formula is C25H13F8NO4S. The number of alkyl halides is 3. The van der Waals surface area contributed by atoms with Crippen molar-refractivity contribution in [3.05, 3.63) is 100 Å². The normalized spacial score (nSPS) is 15.4. The quantitative estimate of drug-likeness (QED) is 0.112. The van der Waals surface area contributed by atoms with Crippen molar-refractivity contribution in [2.45, 2.75) is 29.8 Å². The van der Waals surface area contributed by atoms with Crippen LogP contribution in [0.5, 0.6) is 5.75 Å². The van der Waals surface area contributed by atoms with Crippen LogP contribution in [0.4, 0.5) is 35.1 Å². The van der Waals surface area contributed by atoms with Crippen molar-refractivity contribution >= 4 is 10.1 Å². The van der Waals surface area contributed by atoms with E-state index in [2.05, 4.69) is 9.17 Å². The molecule has 0 radical (unpaired) electrons. The first-order valence-corrected chi connectivity index (χ1v) is 12.4. The highest BCUT2D eigenvalue weighted by molar-refractivity contribution is 7.87. The van der Waals surface area contributed by atoms with Crippen molar-refractivity contribution < 1.29 is 52.1 Å². The van der Waals surface area contributed by atoms with Crippen LogP contribution in [0.15, 0.2) is 58.2 Å². The summed E-state index contributed by atoms with van der Waals surface area (Å²) in [6, 6.07) is 6.50. The molecular weight excluding hydrogens is 562 g/mol. The Labute approximate surface area is 214 Å². The summed E-state index contributed by atoms with van der Waals surface area (Å²) in [5.74, 6) is -14.7. The second kappa shape index (κ2) is 9.36. The molecule has 39 heavy (non-hydrogen) atoms. The summed E-state index contributed by atoms with van der Waals surface area (Å²) in [7, 11) is -5.06. The maximum Gasteiger partial charge on any atom is 0.416 e. The lowest BCUT2D eigenvalue weighted by molar-refractivity contribution is -0.137. The molecule has 1 aromatic heterocycles. The van der Waals surface area contributed by atoms with Crippen molar-refractivity contribution in [1.29, 1.82) is 0 Å². The number of nitrogens with zero attached hydrogens (tertiary/aromatic N) is 1. The number of hydrogen-bond donors (Lipinski definition) is 0. The van der Waals surface area contributed by atoms with E-state index < -0.39 is 67.5 Å². The number of oxazole rings is 1. The average molecular weight is 575 g/mol. The standard InChI is InChI=1S/C25H13F8NO4S/c26-18-19(27)21(29)23(22(30)20(18)28)38-39(35,36)13-3-6-14-11(9-13)1-4-15(14)16-5-2-12(25(31,32)33)10-17(16)24-34-7-8-37-24/h2-3,5-10,15H,1,4H2. The molecule has 3 aromatic carbocycles. The fraction of sp³-hybridized carbons (Fsp3) is 0.160. The number of aromatic nitrogens is 1. The smallest absolute Gasteiger partial charge is 0.416 e. The molecule has 1 heterocycles. The van der Waals surface area contributed by atoms with Crippen LogP contribution in [-0.2, 0) is 22.7 Å². The Morgan fingerprint density at radius 3 is 2.13 bits per heavy atom. The fourth-order valence-electron chi connectivity index (χ4n) is 4.47. The number of fused-ring (bicyclic) bond motifs is 1. The van der Waals surface area contributed by atoms with Gasteiger partial charge in [0.15, 0.2) is 0 Å². The summed E-state index contributed by atoms with van der Waals surface area (Å²) < 4.78 is 143. The minimum absolute atomic E-state index is 0.0556. The average Bonchev–Trinajstić information content (AvgIpc) is 3.58. The number of aryl methyl sites for hydroxylation is 1. The summed E-state index contributed by atoms with van der Waals surface area (Å²) in [6.45, 7) is 0. The van der Waals surface area contributed by atoms with Crippen LogP contribution in [0, 0.1) is 29.1 Å². The van der Waals surface area contributed by atoms with Crippen molar-refractivity contribution in [3.63, 3.8) is 0 Å². The Morgan fingerprint density at radius 2 is 1.51 bits per heavy atom. The SMILES string of the molecule is O=S(=O)(Oc1c(F)c(F)c(F)c(F)c1F)c1ccc2c(c1)CCC2c1ccc(C(F)(F)F)cc1-c1ncco1. The van der Waals surface area contributed by atoms with Crippen LogP contribution in [0.2, 0.25) is 0 Å². The van der Waals surface area contributed by atoms with Gasteiger partial charge in [-0.05, 0) is 53.8 Å². The third-order valence-electron chi connectivity index (χ3n) is 6.26. The van der Waals surface area contributed by atoms with E-state index >= 15 is 0 Å². The maximum atomic E-state index is 14.0. The van der Waals surface area contributed by atoms with Crippen LogP contribution in [0.1, 0.15) is 34.6 Å². The number of hydrogen-bond acceptors (Lipinski definition) is 5. The highest BCUT2D eigenvalue weighted by Gasteiger charge is 2.35. The van der Waals surface area contributed by atoms with Crippen molar-refractivity contribution in [1.82, 2.24) is 4.98 Å². The van der Waals surface area contributed by atoms with E-state index in [-0.39, 0.29) is 17.9 Å². The fourth-order valence-corrected chi connectivity index (χ4v) is 5.45. The number of benzene rings is 3. The molecule has 0 spiro atoms. The minimum Gasteiger partial charge on any atom is -0.445 e. The molecule has 0 aliphatic heterocycles. The third-order valence-corrected chi connectivity index (χ3v) is 7.48. The molecule has 14 heteroatoms. The zero-order valence-electron chi connectivity index (χ0n) is 19.1. The van der Waals surface area contributed by atoms with Crippen LogP contribution < -0.4 is 4.18 Å². The van der Waals surface area contributed by atoms with E-state index in [0.717, 1.165) is 24.3 Å². The van der Waals surface area contributed by atoms with Gasteiger partial charge in [0.1, 0.15) is 11.2 Å². The molecule has 1 aliphatic carbocycles. The van der Waals surface area contributed by atoms with Gasteiger partial charge in [0, 0.05) is 11.5 Å². The Morgan fingerprint density at radius 1 is 0.872 bits per heavy atom. The predicted octanol–water partition coefficient (Wildman–Crippen LogP) is 6.90. The second-order valence-electron chi connectivity index (χ2n) is 8.53. The molecule has 204 valence electrons. The Balaban J connectivity index is 1.52. The Bertz CT molecular complexity index is 1670. The summed E-state index contributed by atoms with van der Waals surface area (Å²) >= 11 is 0. The zero-order chi connectivity index (χ0) is 28.3. The molecule has 0 saturated carbocycles. The van der Waals surface area contributed by atoms with Crippen LogP contribution >= 0.6 is 0 Å². The monoisotopic (exact) mass is 575 g/mol. The van der Waals surface area contributed by atoms with Crippen LogP contribution in [0.25, 0.3) is 11.5 Å². The summed E-state index contributed by atoms with van der Waals surface area (Å²) in [5, 5.41) is 0. The first kappa shape index (κ1) is 26.7. The first-order chi connectivity index (χ1) is 18.3. The summed E-state index contributed by atoms with van der Waals surface area (Å²) in [4.78, 5) is 3.31. The van der Waals surface area contributed by atoms with E-state index in [1.807, 2.05) is 0 Å². The van der Waals surface area contributed by atoms with Gasteiger partial charge in [-0.2, -0.15) is 30.4 Å². The molecule has 1 unspecified atom stereocenters. The van der Waals surface area contributed by atoms with E-state index in [4.69, 9.17) is 4.42 Å². The summed E-state index contributed by atoms with van der Waals surface area (Å²) in [6.07, 6.45) is -1.58. The lowest BCUT2D eigenvalue weighted by Crippen LogP contribution is -2.15. The molecule has 0 amide bonds. The van der Waals surface area contributed by atoms with Crippen molar-refractivity contribution in [2.24, 2.45) is 0 Å². The van der Waals surface area contributed by atoms with Crippen molar-refractivity contribution in [3.8, 4) is 17.2 Å². The van der Waals surface area contributed by atoms with Gasteiger partial charge in [-0.1, -0.05) is 12.1 Å². The van der Waals surface area contributed by atoms with E-state index in [9.17, 15) is 43.5 Å². The summed E-state index contributed by atoms with van der Waals surface area (Å²) in [5.41, 5.74) is 0.541. The van der Waals surface area contributed by atoms with Gasteiger partial charge < -0.3 is 8.60 Å². The third kappa shape index (κ3) is 4.62. The van der Waals surface area contributed by atoms with Gasteiger partial charge >= 0.3 is 16.3 Å². The molecule has 0 saturated heterocycles. The lowest BCUT2D eigenvalue weighted by Gasteiger charge is -2.18. The second-order valence-corrected chi connectivity index (χ2v) is 10.1.